The maximum Gasteiger partial charge on any atom is 0.270 e. The summed E-state index contributed by atoms with van der Waals surface area (Å²) in [6, 6.07) is 9.51. The predicted molar refractivity (Wildman–Crippen MR) is 142 cm³/mol. The molecule has 1 aromatic carbocycles. The van der Waals surface area contributed by atoms with Gasteiger partial charge in [0.05, 0.1) is 25.0 Å². The van der Waals surface area contributed by atoms with Crippen LogP contribution in [0.15, 0.2) is 47.6 Å². The maximum absolute atomic E-state index is 12.9. The number of aromatic nitrogens is 5. The first kappa shape index (κ1) is 25.5. The van der Waals surface area contributed by atoms with Gasteiger partial charge in [-0.2, -0.15) is 10.1 Å². The van der Waals surface area contributed by atoms with Gasteiger partial charge in [0.25, 0.3) is 15.9 Å². The van der Waals surface area contributed by atoms with Gasteiger partial charge in [0.2, 0.25) is 11.8 Å². The van der Waals surface area contributed by atoms with Crippen molar-refractivity contribution >= 4 is 21.9 Å². The van der Waals surface area contributed by atoms with Crippen molar-refractivity contribution in [1.82, 2.24) is 29.6 Å². The first-order valence-corrected chi connectivity index (χ1v) is 13.6. The quantitative estimate of drug-likeness (QED) is 0.371. The molecule has 12 heteroatoms. The molecule has 4 heterocycles. The standard InChI is InChI=1S/C26H29N7O4S/c1-15-7-6-8-16(2)23(15)21-10-22(30-26(29-21)31-38(35,36)20-11-27-32(5)14-20)37-19-12-33(13-19)25(34)24-17(3)9-18(4)28-24/h6-11,14,19,28H,12-13H2,1-5H3,(H,29,30,31). The molecule has 3 aromatic heterocycles. The van der Waals surface area contributed by atoms with E-state index in [-0.39, 0.29) is 28.7 Å². The van der Waals surface area contributed by atoms with E-state index in [0.29, 0.717) is 24.5 Å². The van der Waals surface area contributed by atoms with Gasteiger partial charge in [-0.25, -0.2) is 18.1 Å². The molecule has 1 amide bonds. The third-order valence-electron chi connectivity index (χ3n) is 6.44. The highest BCUT2D eigenvalue weighted by atomic mass is 32.2. The minimum Gasteiger partial charge on any atom is -0.470 e. The number of hydrogen-bond donors (Lipinski definition) is 2. The van der Waals surface area contributed by atoms with Crippen LogP contribution in [-0.4, -0.2) is 63.2 Å². The molecule has 0 spiro atoms. The van der Waals surface area contributed by atoms with Gasteiger partial charge in [-0.3, -0.25) is 9.48 Å². The molecule has 1 saturated heterocycles. The highest BCUT2D eigenvalue weighted by molar-refractivity contribution is 7.92. The summed E-state index contributed by atoms with van der Waals surface area (Å²) < 4.78 is 35.8. The minimum absolute atomic E-state index is 0.00784. The topological polar surface area (TPSA) is 135 Å². The molecular formula is C26H29N7O4S. The fraction of sp³-hybridized carbons (Fsp3) is 0.308. The Morgan fingerprint density at radius 1 is 1.08 bits per heavy atom. The van der Waals surface area contributed by atoms with Gasteiger partial charge in [0.1, 0.15) is 16.7 Å². The summed E-state index contributed by atoms with van der Waals surface area (Å²) in [4.78, 5) is 26.5. The van der Waals surface area contributed by atoms with Crippen LogP contribution in [-0.2, 0) is 17.1 Å². The number of nitrogens with one attached hydrogen (secondary N) is 2. The summed E-state index contributed by atoms with van der Waals surface area (Å²) >= 11 is 0. The van der Waals surface area contributed by atoms with Crippen molar-refractivity contribution in [2.24, 2.45) is 7.05 Å². The first-order chi connectivity index (χ1) is 18.0. The molecule has 0 unspecified atom stereocenters. The Labute approximate surface area is 220 Å². The average Bonchev–Trinajstić information content (AvgIpc) is 3.40. The number of aromatic amines is 1. The number of H-pyrrole nitrogens is 1. The van der Waals surface area contributed by atoms with Crippen molar-refractivity contribution in [1.29, 1.82) is 0 Å². The number of likely N-dealkylation sites (tertiary alicyclic amines) is 1. The molecule has 11 nitrogen and oxygen atoms in total. The van der Waals surface area contributed by atoms with Crippen molar-refractivity contribution in [3.63, 3.8) is 0 Å². The number of aryl methyl sites for hydroxylation is 5. The zero-order chi connectivity index (χ0) is 27.2. The van der Waals surface area contributed by atoms with Gasteiger partial charge in [-0.15, -0.1) is 0 Å². The van der Waals surface area contributed by atoms with E-state index in [9.17, 15) is 13.2 Å². The Balaban J connectivity index is 1.41. The lowest BCUT2D eigenvalue weighted by molar-refractivity contribution is 0.0156. The van der Waals surface area contributed by atoms with Crippen LogP contribution in [0.25, 0.3) is 11.3 Å². The van der Waals surface area contributed by atoms with Crippen LogP contribution in [0.4, 0.5) is 5.95 Å². The van der Waals surface area contributed by atoms with Crippen molar-refractivity contribution in [3.05, 3.63) is 70.8 Å². The molecule has 0 aliphatic carbocycles. The van der Waals surface area contributed by atoms with Crippen LogP contribution < -0.4 is 9.46 Å². The Morgan fingerprint density at radius 2 is 1.79 bits per heavy atom. The van der Waals surface area contributed by atoms with Gasteiger partial charge in [0, 0.05) is 30.6 Å². The monoisotopic (exact) mass is 535 g/mol. The third kappa shape index (κ3) is 4.99. The molecule has 4 aromatic rings. The number of hydrogen-bond acceptors (Lipinski definition) is 7. The lowest BCUT2D eigenvalue weighted by Crippen LogP contribution is -2.56. The zero-order valence-corrected chi connectivity index (χ0v) is 22.6. The van der Waals surface area contributed by atoms with Crippen molar-refractivity contribution in [2.45, 2.75) is 38.7 Å². The van der Waals surface area contributed by atoms with E-state index in [1.165, 1.54) is 17.1 Å². The van der Waals surface area contributed by atoms with Crippen LogP contribution in [0, 0.1) is 27.7 Å². The smallest absolute Gasteiger partial charge is 0.270 e. The summed E-state index contributed by atoms with van der Waals surface area (Å²) in [5.41, 5.74) is 5.76. The first-order valence-electron chi connectivity index (χ1n) is 12.1. The summed E-state index contributed by atoms with van der Waals surface area (Å²) in [6.45, 7) is 8.50. The maximum atomic E-state index is 12.9. The van der Waals surface area contributed by atoms with Crippen LogP contribution >= 0.6 is 0 Å². The van der Waals surface area contributed by atoms with Gasteiger partial charge >= 0.3 is 0 Å². The summed E-state index contributed by atoms with van der Waals surface area (Å²) in [5, 5.41) is 3.94. The predicted octanol–water partition coefficient (Wildman–Crippen LogP) is 3.14. The molecular weight excluding hydrogens is 506 g/mol. The number of ether oxygens (including phenoxy) is 1. The van der Waals surface area contributed by atoms with Gasteiger partial charge in [0.15, 0.2) is 0 Å². The summed E-state index contributed by atoms with van der Waals surface area (Å²) in [5.74, 6) is 0.0126. The van der Waals surface area contributed by atoms with Gasteiger partial charge < -0.3 is 14.6 Å². The largest absolute Gasteiger partial charge is 0.470 e. The Bertz CT molecular complexity index is 1610. The van der Waals surface area contributed by atoms with E-state index in [1.54, 1.807) is 18.0 Å². The molecule has 0 atom stereocenters. The van der Waals surface area contributed by atoms with E-state index >= 15 is 0 Å². The second kappa shape index (κ2) is 9.60. The van der Waals surface area contributed by atoms with Crippen molar-refractivity contribution in [3.8, 4) is 17.1 Å². The van der Waals surface area contributed by atoms with Crippen LogP contribution in [0.2, 0.25) is 0 Å². The zero-order valence-electron chi connectivity index (χ0n) is 21.8. The van der Waals surface area contributed by atoms with Crippen molar-refractivity contribution < 1.29 is 17.9 Å². The molecule has 0 bridgehead atoms. The number of anilines is 1. The highest BCUT2D eigenvalue weighted by Gasteiger charge is 2.34. The molecule has 1 aliphatic heterocycles. The second-order valence-electron chi connectivity index (χ2n) is 9.60. The molecule has 198 valence electrons. The number of benzene rings is 1. The number of amides is 1. The normalized spacial score (nSPS) is 13.9. The molecule has 1 fully saturated rings. The fourth-order valence-electron chi connectivity index (χ4n) is 4.55. The number of carbonyl (C=O) groups is 1. The SMILES string of the molecule is Cc1cc(C)c(C(=O)N2CC(Oc3cc(-c4c(C)cccc4C)nc(NS(=O)(=O)c4cnn(C)c4)n3)C2)[nH]1. The Kier molecular flexibility index (Phi) is 6.43. The number of rotatable bonds is 7. The van der Waals surface area contributed by atoms with E-state index < -0.39 is 10.0 Å². The van der Waals surface area contributed by atoms with Crippen LogP contribution in [0.1, 0.15) is 32.9 Å². The number of carbonyl (C=O) groups excluding carboxylic acids is 1. The summed E-state index contributed by atoms with van der Waals surface area (Å²) in [6.07, 6.45) is 2.35. The Morgan fingerprint density at radius 3 is 2.39 bits per heavy atom. The molecule has 2 N–H and O–H groups in total. The van der Waals surface area contributed by atoms with Crippen molar-refractivity contribution in [2.75, 3.05) is 17.8 Å². The van der Waals surface area contributed by atoms with E-state index in [1.807, 2.05) is 52.0 Å². The fourth-order valence-corrected chi connectivity index (χ4v) is 5.48. The Hall–Kier alpha value is -4.19. The molecule has 38 heavy (non-hydrogen) atoms. The minimum atomic E-state index is -3.97. The van der Waals surface area contributed by atoms with E-state index in [0.717, 1.165) is 27.9 Å². The molecule has 0 radical (unpaired) electrons. The molecule has 0 saturated carbocycles. The summed E-state index contributed by atoms with van der Waals surface area (Å²) in [7, 11) is -2.34. The third-order valence-corrected chi connectivity index (χ3v) is 7.73. The van der Waals surface area contributed by atoms with E-state index in [2.05, 4.69) is 24.8 Å². The van der Waals surface area contributed by atoms with Gasteiger partial charge in [-0.05, 0) is 50.5 Å². The van der Waals surface area contributed by atoms with E-state index in [4.69, 9.17) is 4.74 Å². The number of nitrogens with zero attached hydrogens (tertiary/aromatic N) is 5. The molecule has 1 aliphatic rings. The lowest BCUT2D eigenvalue weighted by atomic mass is 10.00. The average molecular weight is 536 g/mol. The molecule has 5 rings (SSSR count). The van der Waals surface area contributed by atoms with Gasteiger partial charge in [-0.1, -0.05) is 18.2 Å². The highest BCUT2D eigenvalue weighted by Crippen LogP contribution is 2.30. The second-order valence-corrected chi connectivity index (χ2v) is 11.3. The van der Waals surface area contributed by atoms with Crippen LogP contribution in [0.3, 0.4) is 0 Å². The lowest BCUT2D eigenvalue weighted by Gasteiger charge is -2.38. The number of sulfonamides is 1. The van der Waals surface area contributed by atoms with Crippen LogP contribution in [0.5, 0.6) is 5.88 Å².